The van der Waals surface area contributed by atoms with Crippen molar-refractivity contribution in [1.82, 2.24) is 4.57 Å². The van der Waals surface area contributed by atoms with Gasteiger partial charge >= 0.3 is 0 Å². The Bertz CT molecular complexity index is 530. The number of rotatable bonds is 1. The molecule has 0 atom stereocenters. The van der Waals surface area contributed by atoms with Gasteiger partial charge in [0.2, 0.25) is 0 Å². The van der Waals surface area contributed by atoms with E-state index in [1.165, 1.54) is 5.56 Å². The van der Waals surface area contributed by atoms with Crippen LogP contribution in [0.1, 0.15) is 11.3 Å². The second kappa shape index (κ2) is 3.62. The Morgan fingerprint density at radius 3 is 2.60 bits per heavy atom. The van der Waals surface area contributed by atoms with Crippen LogP contribution in [0, 0.1) is 18.3 Å². The Morgan fingerprint density at radius 1 is 1.20 bits per heavy atom. The number of benzene rings is 1. The molecule has 0 aliphatic carbocycles. The van der Waals surface area contributed by atoms with Crippen LogP contribution in [-0.2, 0) is 7.05 Å². The van der Waals surface area contributed by atoms with Gasteiger partial charge in [-0.2, -0.15) is 5.26 Å². The third-order valence-electron chi connectivity index (χ3n) is 2.47. The monoisotopic (exact) mass is 196 g/mol. The summed E-state index contributed by atoms with van der Waals surface area (Å²) in [6, 6.07) is 12.4. The average molecular weight is 196 g/mol. The van der Waals surface area contributed by atoms with Crippen LogP contribution >= 0.6 is 0 Å². The Kier molecular flexibility index (Phi) is 2.31. The van der Waals surface area contributed by atoms with Gasteiger partial charge in [0, 0.05) is 18.8 Å². The van der Waals surface area contributed by atoms with E-state index in [0.717, 1.165) is 11.1 Å². The third kappa shape index (κ3) is 1.77. The van der Waals surface area contributed by atoms with Crippen LogP contribution in [0.25, 0.3) is 11.1 Å². The fourth-order valence-electron chi connectivity index (χ4n) is 1.66. The summed E-state index contributed by atoms with van der Waals surface area (Å²) < 4.78 is 1.84. The molecule has 1 aromatic carbocycles. The quantitative estimate of drug-likeness (QED) is 0.689. The van der Waals surface area contributed by atoms with Gasteiger partial charge in [-0.1, -0.05) is 29.8 Å². The number of hydrogen-bond acceptors (Lipinski definition) is 1. The van der Waals surface area contributed by atoms with Gasteiger partial charge in [0.15, 0.2) is 0 Å². The zero-order valence-electron chi connectivity index (χ0n) is 8.86. The number of aryl methyl sites for hydroxylation is 2. The summed E-state index contributed by atoms with van der Waals surface area (Å²) in [6.45, 7) is 2.07. The minimum absolute atomic E-state index is 0.687. The number of nitrogens with zero attached hydrogens (tertiary/aromatic N) is 2. The largest absolute Gasteiger partial charge is 0.342 e. The lowest BCUT2D eigenvalue weighted by molar-refractivity contribution is 0.909. The standard InChI is InChI=1S/C13H12N2/c1-10-4-3-5-11(6-10)12-7-13(8-14)15(2)9-12/h3-7,9H,1-2H3. The highest BCUT2D eigenvalue weighted by atomic mass is 14.9. The molecule has 2 heteroatoms. The van der Waals surface area contributed by atoms with Crippen molar-refractivity contribution in [3.63, 3.8) is 0 Å². The molecule has 2 aromatic rings. The lowest BCUT2D eigenvalue weighted by Gasteiger charge is -1.98. The Morgan fingerprint density at radius 2 is 2.00 bits per heavy atom. The number of nitriles is 1. The molecule has 0 bridgehead atoms. The maximum absolute atomic E-state index is 8.86. The van der Waals surface area contributed by atoms with E-state index in [1.54, 1.807) is 0 Å². The molecule has 2 nitrogen and oxygen atoms in total. The van der Waals surface area contributed by atoms with Crippen LogP contribution in [0.2, 0.25) is 0 Å². The van der Waals surface area contributed by atoms with Gasteiger partial charge in [-0.25, -0.2) is 0 Å². The zero-order chi connectivity index (χ0) is 10.8. The van der Waals surface area contributed by atoms with Crippen molar-refractivity contribution in [3.8, 4) is 17.2 Å². The minimum Gasteiger partial charge on any atom is -0.342 e. The van der Waals surface area contributed by atoms with Gasteiger partial charge < -0.3 is 4.57 Å². The van der Waals surface area contributed by atoms with Crippen molar-refractivity contribution in [2.24, 2.45) is 7.05 Å². The van der Waals surface area contributed by atoms with E-state index in [9.17, 15) is 0 Å². The van der Waals surface area contributed by atoms with E-state index in [1.807, 2.05) is 29.9 Å². The van der Waals surface area contributed by atoms with Crippen molar-refractivity contribution in [2.75, 3.05) is 0 Å². The number of aromatic nitrogens is 1. The maximum atomic E-state index is 8.86. The van der Waals surface area contributed by atoms with Crippen molar-refractivity contribution in [3.05, 3.63) is 47.8 Å². The van der Waals surface area contributed by atoms with E-state index >= 15 is 0 Å². The third-order valence-corrected chi connectivity index (χ3v) is 2.47. The molecule has 0 aliphatic rings. The lowest BCUT2D eigenvalue weighted by Crippen LogP contribution is -1.86. The second-order valence-electron chi connectivity index (χ2n) is 3.71. The summed E-state index contributed by atoms with van der Waals surface area (Å²) >= 11 is 0. The highest BCUT2D eigenvalue weighted by Crippen LogP contribution is 2.22. The van der Waals surface area contributed by atoms with Crippen LogP contribution in [0.15, 0.2) is 36.5 Å². The fraction of sp³-hybridized carbons (Fsp3) is 0.154. The van der Waals surface area contributed by atoms with Crippen molar-refractivity contribution < 1.29 is 0 Å². The molecule has 0 N–H and O–H groups in total. The molecule has 0 aliphatic heterocycles. The van der Waals surface area contributed by atoms with Gasteiger partial charge in [-0.15, -0.1) is 0 Å². The molecule has 0 unspecified atom stereocenters. The Hall–Kier alpha value is -2.01. The van der Waals surface area contributed by atoms with E-state index in [0.29, 0.717) is 5.69 Å². The summed E-state index contributed by atoms with van der Waals surface area (Å²) in [5.41, 5.74) is 4.17. The Balaban J connectivity index is 2.51. The van der Waals surface area contributed by atoms with Crippen LogP contribution in [0.3, 0.4) is 0 Å². The van der Waals surface area contributed by atoms with Crippen molar-refractivity contribution in [2.45, 2.75) is 6.92 Å². The first-order valence-corrected chi connectivity index (χ1v) is 4.84. The molecule has 0 saturated heterocycles. The molecule has 0 saturated carbocycles. The fourth-order valence-corrected chi connectivity index (χ4v) is 1.66. The van der Waals surface area contributed by atoms with Gasteiger partial charge in [0.25, 0.3) is 0 Å². The van der Waals surface area contributed by atoms with Crippen LogP contribution in [0.5, 0.6) is 0 Å². The van der Waals surface area contributed by atoms with Crippen LogP contribution in [0.4, 0.5) is 0 Å². The summed E-state index contributed by atoms with van der Waals surface area (Å²) in [4.78, 5) is 0. The molecule has 1 aromatic heterocycles. The van der Waals surface area contributed by atoms with Gasteiger partial charge in [0.05, 0.1) is 0 Å². The smallest absolute Gasteiger partial charge is 0.120 e. The minimum atomic E-state index is 0.687. The van der Waals surface area contributed by atoms with Crippen LogP contribution < -0.4 is 0 Å². The van der Waals surface area contributed by atoms with Crippen molar-refractivity contribution >= 4 is 0 Å². The van der Waals surface area contributed by atoms with E-state index in [2.05, 4.69) is 31.2 Å². The van der Waals surface area contributed by atoms with Crippen molar-refractivity contribution in [1.29, 1.82) is 5.26 Å². The molecule has 2 rings (SSSR count). The molecular weight excluding hydrogens is 184 g/mol. The molecule has 0 radical (unpaired) electrons. The van der Waals surface area contributed by atoms with Gasteiger partial charge in [-0.05, 0) is 18.6 Å². The Labute approximate surface area is 89.4 Å². The SMILES string of the molecule is Cc1cccc(-c2cc(C#N)n(C)c2)c1. The topological polar surface area (TPSA) is 28.7 Å². The first-order chi connectivity index (χ1) is 7.20. The number of hydrogen-bond donors (Lipinski definition) is 0. The zero-order valence-corrected chi connectivity index (χ0v) is 8.86. The second-order valence-corrected chi connectivity index (χ2v) is 3.71. The van der Waals surface area contributed by atoms with Crippen LogP contribution in [-0.4, -0.2) is 4.57 Å². The highest BCUT2D eigenvalue weighted by molar-refractivity contribution is 5.65. The highest BCUT2D eigenvalue weighted by Gasteiger charge is 2.04. The molecule has 15 heavy (non-hydrogen) atoms. The maximum Gasteiger partial charge on any atom is 0.120 e. The lowest BCUT2D eigenvalue weighted by atomic mass is 10.1. The molecule has 0 fully saturated rings. The van der Waals surface area contributed by atoms with Gasteiger partial charge in [0.1, 0.15) is 11.8 Å². The normalized spacial score (nSPS) is 9.93. The molecule has 0 amide bonds. The molecule has 0 spiro atoms. The average Bonchev–Trinajstić information content (AvgIpc) is 2.60. The summed E-state index contributed by atoms with van der Waals surface area (Å²) in [6.07, 6.45) is 1.98. The van der Waals surface area contributed by atoms with E-state index in [-0.39, 0.29) is 0 Å². The predicted octanol–water partition coefficient (Wildman–Crippen LogP) is 2.87. The summed E-state index contributed by atoms with van der Waals surface area (Å²) in [5, 5.41) is 8.86. The first kappa shape index (κ1) is 9.54. The van der Waals surface area contributed by atoms with Gasteiger partial charge in [-0.3, -0.25) is 0 Å². The predicted molar refractivity (Wildman–Crippen MR) is 60.3 cm³/mol. The molecule has 74 valence electrons. The van der Waals surface area contributed by atoms with E-state index < -0.39 is 0 Å². The van der Waals surface area contributed by atoms with E-state index in [4.69, 9.17) is 5.26 Å². The summed E-state index contributed by atoms with van der Waals surface area (Å²) in [7, 11) is 1.89. The molecular formula is C13H12N2. The first-order valence-electron chi connectivity index (χ1n) is 4.84. The summed E-state index contributed by atoms with van der Waals surface area (Å²) in [5.74, 6) is 0. The molecule has 1 heterocycles.